The van der Waals surface area contributed by atoms with Crippen LogP contribution in [0.3, 0.4) is 0 Å². The Labute approximate surface area is 187 Å². The number of nitrogens with zero attached hydrogens (tertiary/aromatic N) is 1. The summed E-state index contributed by atoms with van der Waals surface area (Å²) in [6.45, 7) is 0.612. The van der Waals surface area contributed by atoms with Gasteiger partial charge in [-0.15, -0.1) is 0 Å². The molecule has 32 heavy (non-hydrogen) atoms. The molecule has 164 valence electrons. The van der Waals surface area contributed by atoms with E-state index in [2.05, 4.69) is 17.4 Å². The van der Waals surface area contributed by atoms with Crippen molar-refractivity contribution in [1.29, 1.82) is 0 Å². The number of carbonyl (C=O) groups excluding carboxylic acids is 2. The van der Waals surface area contributed by atoms with Gasteiger partial charge >= 0.3 is 0 Å². The van der Waals surface area contributed by atoms with Crippen LogP contribution in [-0.4, -0.2) is 43.1 Å². The van der Waals surface area contributed by atoms with Crippen molar-refractivity contribution in [1.82, 2.24) is 10.2 Å². The monoisotopic (exact) mass is 430 g/mol. The molecule has 0 fully saturated rings. The zero-order valence-electron chi connectivity index (χ0n) is 18.0. The van der Waals surface area contributed by atoms with Crippen LogP contribution in [-0.2, 0) is 6.42 Å². The second-order valence-corrected chi connectivity index (χ2v) is 7.74. The van der Waals surface area contributed by atoms with E-state index < -0.39 is 0 Å². The summed E-state index contributed by atoms with van der Waals surface area (Å²) in [6.07, 6.45) is 1.33. The molecule has 1 N–H and O–H groups in total. The third kappa shape index (κ3) is 5.09. The van der Waals surface area contributed by atoms with Crippen LogP contribution in [0.4, 0.5) is 0 Å². The molecule has 6 nitrogen and oxygen atoms in total. The average Bonchev–Trinajstić information content (AvgIpc) is 3.31. The van der Waals surface area contributed by atoms with Gasteiger partial charge in [-0.1, -0.05) is 48.5 Å². The molecule has 0 aromatic heterocycles. The fraction of sp³-hybridized carbons (Fsp3) is 0.231. The van der Waals surface area contributed by atoms with Gasteiger partial charge in [0.1, 0.15) is 0 Å². The Morgan fingerprint density at radius 1 is 0.906 bits per heavy atom. The molecule has 0 saturated heterocycles. The van der Waals surface area contributed by atoms with Gasteiger partial charge in [-0.3, -0.25) is 9.59 Å². The summed E-state index contributed by atoms with van der Waals surface area (Å²) in [5.74, 6) is 1.01. The summed E-state index contributed by atoms with van der Waals surface area (Å²) in [5, 5.41) is 2.97. The largest absolute Gasteiger partial charge is 0.454 e. The van der Waals surface area contributed by atoms with Crippen molar-refractivity contribution in [2.45, 2.75) is 18.9 Å². The van der Waals surface area contributed by atoms with E-state index in [0.29, 0.717) is 42.0 Å². The molecule has 1 atom stereocenters. The number of benzene rings is 3. The van der Waals surface area contributed by atoms with Crippen LogP contribution in [0.1, 0.15) is 32.7 Å². The highest BCUT2D eigenvalue weighted by atomic mass is 16.7. The first-order valence-electron chi connectivity index (χ1n) is 10.7. The predicted molar refractivity (Wildman–Crippen MR) is 122 cm³/mol. The van der Waals surface area contributed by atoms with Gasteiger partial charge in [0.25, 0.3) is 11.8 Å². The van der Waals surface area contributed by atoms with Gasteiger partial charge in [0.15, 0.2) is 11.5 Å². The minimum Gasteiger partial charge on any atom is -0.454 e. The van der Waals surface area contributed by atoms with Crippen molar-refractivity contribution in [3.05, 3.63) is 95.6 Å². The SMILES string of the molecule is CN(C(=O)c1ccccc1)C(CCNC(=O)c1ccc2c(c1)OCO2)Cc1ccccc1. The van der Waals surface area contributed by atoms with E-state index >= 15 is 0 Å². The number of hydrogen-bond acceptors (Lipinski definition) is 4. The van der Waals surface area contributed by atoms with E-state index in [9.17, 15) is 9.59 Å². The topological polar surface area (TPSA) is 67.9 Å². The van der Waals surface area contributed by atoms with Crippen molar-refractivity contribution in [2.75, 3.05) is 20.4 Å². The Bertz CT molecular complexity index is 1070. The van der Waals surface area contributed by atoms with Crippen LogP contribution in [0.25, 0.3) is 0 Å². The molecule has 1 aliphatic heterocycles. The van der Waals surface area contributed by atoms with Gasteiger partial charge in [0.05, 0.1) is 0 Å². The zero-order chi connectivity index (χ0) is 22.3. The third-order valence-electron chi connectivity index (χ3n) is 5.60. The number of fused-ring (bicyclic) bond motifs is 1. The zero-order valence-corrected chi connectivity index (χ0v) is 18.0. The molecule has 6 heteroatoms. The fourth-order valence-corrected chi connectivity index (χ4v) is 3.76. The summed E-state index contributed by atoms with van der Waals surface area (Å²) < 4.78 is 10.6. The summed E-state index contributed by atoms with van der Waals surface area (Å²) in [4.78, 5) is 27.4. The van der Waals surface area contributed by atoms with E-state index in [-0.39, 0.29) is 24.6 Å². The van der Waals surface area contributed by atoms with Crippen molar-refractivity contribution in [2.24, 2.45) is 0 Å². The lowest BCUT2D eigenvalue weighted by Crippen LogP contribution is -2.41. The van der Waals surface area contributed by atoms with Crippen LogP contribution in [0.2, 0.25) is 0 Å². The predicted octanol–water partition coefficient (Wildman–Crippen LogP) is 3.92. The maximum absolute atomic E-state index is 13.0. The second kappa shape index (κ2) is 10.0. The molecular weight excluding hydrogens is 404 g/mol. The molecule has 0 radical (unpaired) electrons. The van der Waals surface area contributed by atoms with Gasteiger partial charge in [-0.05, 0) is 48.7 Å². The van der Waals surface area contributed by atoms with E-state index in [4.69, 9.17) is 9.47 Å². The number of nitrogens with one attached hydrogen (secondary N) is 1. The number of hydrogen-bond donors (Lipinski definition) is 1. The molecule has 0 bridgehead atoms. The Morgan fingerprint density at radius 3 is 2.34 bits per heavy atom. The van der Waals surface area contributed by atoms with Crippen LogP contribution >= 0.6 is 0 Å². The Hall–Kier alpha value is -3.80. The maximum atomic E-state index is 13.0. The average molecular weight is 431 g/mol. The lowest BCUT2D eigenvalue weighted by molar-refractivity contribution is 0.0723. The molecule has 1 heterocycles. The Balaban J connectivity index is 1.41. The first-order valence-corrected chi connectivity index (χ1v) is 10.7. The number of rotatable bonds is 8. The Morgan fingerprint density at radius 2 is 1.59 bits per heavy atom. The summed E-state index contributed by atoms with van der Waals surface area (Å²) in [6, 6.07) is 24.4. The van der Waals surface area contributed by atoms with Crippen LogP contribution in [0, 0.1) is 0 Å². The third-order valence-corrected chi connectivity index (χ3v) is 5.60. The van der Waals surface area contributed by atoms with Crippen molar-refractivity contribution < 1.29 is 19.1 Å². The minimum absolute atomic E-state index is 0.0337. The highest BCUT2D eigenvalue weighted by Gasteiger charge is 2.22. The highest BCUT2D eigenvalue weighted by molar-refractivity contribution is 5.95. The Kier molecular flexibility index (Phi) is 6.70. The van der Waals surface area contributed by atoms with Gasteiger partial charge < -0.3 is 19.7 Å². The maximum Gasteiger partial charge on any atom is 0.253 e. The second-order valence-electron chi connectivity index (χ2n) is 7.74. The van der Waals surface area contributed by atoms with Gasteiger partial charge in [-0.2, -0.15) is 0 Å². The molecule has 2 amide bonds. The number of amides is 2. The van der Waals surface area contributed by atoms with Gasteiger partial charge in [0, 0.05) is 30.8 Å². The molecule has 0 spiro atoms. The van der Waals surface area contributed by atoms with E-state index in [1.807, 2.05) is 55.6 Å². The smallest absolute Gasteiger partial charge is 0.253 e. The summed E-state index contributed by atoms with van der Waals surface area (Å²) in [7, 11) is 1.82. The highest BCUT2D eigenvalue weighted by Crippen LogP contribution is 2.32. The minimum atomic E-state index is -0.182. The molecule has 0 saturated carbocycles. The van der Waals surface area contributed by atoms with Crippen LogP contribution in [0.5, 0.6) is 11.5 Å². The molecule has 3 aromatic carbocycles. The molecule has 0 aliphatic carbocycles. The molecule has 1 aliphatic rings. The van der Waals surface area contributed by atoms with Crippen molar-refractivity contribution >= 4 is 11.8 Å². The van der Waals surface area contributed by atoms with Gasteiger partial charge in [0.2, 0.25) is 6.79 Å². The first-order chi connectivity index (χ1) is 15.6. The molecular formula is C26H26N2O4. The van der Waals surface area contributed by atoms with Gasteiger partial charge in [-0.25, -0.2) is 0 Å². The van der Waals surface area contributed by atoms with Crippen molar-refractivity contribution in [3.63, 3.8) is 0 Å². The van der Waals surface area contributed by atoms with E-state index in [1.165, 1.54) is 0 Å². The van der Waals surface area contributed by atoms with E-state index in [1.54, 1.807) is 23.1 Å². The standard InChI is InChI=1S/C26H26N2O4/c1-28(26(30)20-10-6-3-7-11-20)22(16-19-8-4-2-5-9-19)14-15-27-25(29)21-12-13-23-24(17-21)32-18-31-23/h2-13,17,22H,14-16,18H2,1H3,(H,27,29). The fourth-order valence-electron chi connectivity index (χ4n) is 3.76. The van der Waals surface area contributed by atoms with Crippen molar-refractivity contribution in [3.8, 4) is 11.5 Å². The molecule has 1 unspecified atom stereocenters. The van der Waals surface area contributed by atoms with E-state index in [0.717, 1.165) is 5.56 Å². The number of likely N-dealkylation sites (N-methyl/N-ethyl adjacent to an activating group) is 1. The van der Waals surface area contributed by atoms with Crippen LogP contribution in [0.15, 0.2) is 78.9 Å². The first kappa shape index (κ1) is 21.4. The number of carbonyl (C=O) groups is 2. The normalized spacial score (nSPS) is 12.8. The molecule has 3 aromatic rings. The lowest BCUT2D eigenvalue weighted by atomic mass is 10.0. The summed E-state index contributed by atoms with van der Waals surface area (Å²) >= 11 is 0. The summed E-state index contributed by atoms with van der Waals surface area (Å²) in [5.41, 5.74) is 2.31. The lowest BCUT2D eigenvalue weighted by Gasteiger charge is -2.29. The number of ether oxygens (including phenoxy) is 2. The van der Waals surface area contributed by atoms with Crippen LogP contribution < -0.4 is 14.8 Å². The molecule has 4 rings (SSSR count). The quantitative estimate of drug-likeness (QED) is 0.588.